The molecule has 2 rings (SSSR count). The first kappa shape index (κ1) is 13.0. The molecule has 100 valence electrons. The van der Waals surface area contributed by atoms with E-state index in [-0.39, 0.29) is 6.10 Å². The number of anilines is 1. The van der Waals surface area contributed by atoms with Crippen LogP contribution in [0.15, 0.2) is 6.07 Å². The van der Waals surface area contributed by atoms with Gasteiger partial charge in [0, 0.05) is 38.4 Å². The van der Waals surface area contributed by atoms with E-state index in [4.69, 9.17) is 9.47 Å². The Morgan fingerprint density at radius 1 is 1.56 bits per heavy atom. The van der Waals surface area contributed by atoms with Crippen molar-refractivity contribution in [1.82, 2.24) is 15.3 Å². The third-order valence-corrected chi connectivity index (χ3v) is 2.85. The van der Waals surface area contributed by atoms with Gasteiger partial charge in [-0.3, -0.25) is 0 Å². The molecule has 0 saturated carbocycles. The highest BCUT2D eigenvalue weighted by atomic mass is 16.5. The van der Waals surface area contributed by atoms with Gasteiger partial charge in [-0.05, 0) is 6.92 Å². The van der Waals surface area contributed by atoms with E-state index in [9.17, 15) is 0 Å². The quantitative estimate of drug-likeness (QED) is 0.827. The third-order valence-electron chi connectivity index (χ3n) is 2.85. The van der Waals surface area contributed by atoms with Crippen LogP contribution in [0.3, 0.4) is 0 Å². The van der Waals surface area contributed by atoms with E-state index < -0.39 is 0 Å². The molecule has 1 atom stereocenters. The summed E-state index contributed by atoms with van der Waals surface area (Å²) in [5, 5.41) is 3.31. The maximum absolute atomic E-state index is 5.67. The zero-order valence-corrected chi connectivity index (χ0v) is 11.1. The number of likely N-dealkylation sites (N-methyl/N-ethyl adjacent to an activating group) is 1. The van der Waals surface area contributed by atoms with Crippen LogP contribution in [0.2, 0.25) is 0 Å². The molecule has 1 aliphatic heterocycles. The van der Waals surface area contributed by atoms with Crippen LogP contribution in [0.1, 0.15) is 5.69 Å². The second-order valence-electron chi connectivity index (χ2n) is 4.43. The Kier molecular flexibility index (Phi) is 4.33. The van der Waals surface area contributed by atoms with Crippen LogP contribution in [0.5, 0.6) is 5.88 Å². The van der Waals surface area contributed by atoms with E-state index in [0.29, 0.717) is 11.8 Å². The van der Waals surface area contributed by atoms with Crippen molar-refractivity contribution in [3.05, 3.63) is 11.8 Å². The molecule has 1 fully saturated rings. The van der Waals surface area contributed by atoms with Crippen LogP contribution in [-0.4, -0.2) is 56.5 Å². The molecule has 0 spiro atoms. The van der Waals surface area contributed by atoms with Crippen molar-refractivity contribution < 1.29 is 9.47 Å². The van der Waals surface area contributed by atoms with E-state index in [1.165, 1.54) is 0 Å². The van der Waals surface area contributed by atoms with Crippen molar-refractivity contribution in [2.24, 2.45) is 0 Å². The molecule has 1 saturated heterocycles. The predicted octanol–water partition coefficient (Wildman–Crippen LogP) is 0.218. The number of rotatable bonds is 4. The van der Waals surface area contributed by atoms with Crippen LogP contribution in [-0.2, 0) is 4.74 Å². The average Bonchev–Trinajstić information content (AvgIpc) is 2.39. The van der Waals surface area contributed by atoms with Crippen molar-refractivity contribution in [3.8, 4) is 5.88 Å². The molecule has 1 aromatic rings. The predicted molar refractivity (Wildman–Crippen MR) is 69.2 cm³/mol. The Balaban J connectivity index is 2.02. The highest BCUT2D eigenvalue weighted by molar-refractivity contribution is 5.33. The molecular weight excluding hydrogens is 232 g/mol. The summed E-state index contributed by atoms with van der Waals surface area (Å²) in [6.45, 7) is 5.25. The fourth-order valence-electron chi connectivity index (χ4n) is 1.92. The number of aryl methyl sites for hydroxylation is 1. The molecule has 1 unspecified atom stereocenters. The summed E-state index contributed by atoms with van der Waals surface area (Å²) in [7, 11) is 3.58. The summed E-state index contributed by atoms with van der Waals surface area (Å²) in [4.78, 5) is 10.7. The van der Waals surface area contributed by atoms with E-state index >= 15 is 0 Å². The SMILES string of the molecule is COc1cc(C)nc(N(C)CC2CNCCO2)n1. The van der Waals surface area contributed by atoms with Gasteiger partial charge in [-0.15, -0.1) is 0 Å². The lowest BCUT2D eigenvalue weighted by Crippen LogP contribution is -2.44. The number of hydrogen-bond acceptors (Lipinski definition) is 6. The molecule has 1 N–H and O–H groups in total. The Bertz CT molecular complexity index is 394. The lowest BCUT2D eigenvalue weighted by molar-refractivity contribution is 0.0338. The lowest BCUT2D eigenvalue weighted by atomic mass is 10.3. The third kappa shape index (κ3) is 3.30. The summed E-state index contributed by atoms with van der Waals surface area (Å²) in [5.41, 5.74) is 0.895. The summed E-state index contributed by atoms with van der Waals surface area (Å²) < 4.78 is 10.8. The highest BCUT2D eigenvalue weighted by Crippen LogP contribution is 2.14. The Labute approximate surface area is 107 Å². The van der Waals surface area contributed by atoms with Crippen molar-refractivity contribution in [2.45, 2.75) is 13.0 Å². The van der Waals surface area contributed by atoms with Crippen LogP contribution >= 0.6 is 0 Å². The molecule has 6 heteroatoms. The fraction of sp³-hybridized carbons (Fsp3) is 0.667. The van der Waals surface area contributed by atoms with Gasteiger partial charge in [0.05, 0.1) is 19.8 Å². The van der Waals surface area contributed by atoms with E-state index in [1.54, 1.807) is 7.11 Å². The molecular formula is C12H20N4O2. The summed E-state index contributed by atoms with van der Waals surface area (Å²) in [5.74, 6) is 1.26. The second-order valence-corrected chi connectivity index (χ2v) is 4.43. The molecule has 1 aromatic heterocycles. The lowest BCUT2D eigenvalue weighted by Gasteiger charge is -2.28. The zero-order chi connectivity index (χ0) is 13.0. The Hall–Kier alpha value is -1.40. The number of hydrogen-bond donors (Lipinski definition) is 1. The van der Waals surface area contributed by atoms with Crippen LogP contribution in [0, 0.1) is 6.92 Å². The summed E-state index contributed by atoms with van der Waals surface area (Å²) >= 11 is 0. The first-order valence-corrected chi connectivity index (χ1v) is 6.12. The summed E-state index contributed by atoms with van der Waals surface area (Å²) in [6, 6.07) is 1.82. The topological polar surface area (TPSA) is 59.5 Å². The molecule has 2 heterocycles. The minimum atomic E-state index is 0.179. The van der Waals surface area contributed by atoms with Crippen molar-refractivity contribution in [2.75, 3.05) is 45.3 Å². The molecule has 18 heavy (non-hydrogen) atoms. The molecule has 1 aliphatic rings. The average molecular weight is 252 g/mol. The van der Waals surface area contributed by atoms with E-state index in [2.05, 4.69) is 15.3 Å². The van der Waals surface area contributed by atoms with Crippen LogP contribution in [0.25, 0.3) is 0 Å². The number of nitrogens with one attached hydrogen (secondary N) is 1. The van der Waals surface area contributed by atoms with Gasteiger partial charge in [-0.1, -0.05) is 0 Å². The zero-order valence-electron chi connectivity index (χ0n) is 11.1. The van der Waals surface area contributed by atoms with Crippen LogP contribution < -0.4 is 15.0 Å². The van der Waals surface area contributed by atoms with Crippen molar-refractivity contribution in [3.63, 3.8) is 0 Å². The van der Waals surface area contributed by atoms with Crippen LogP contribution in [0.4, 0.5) is 5.95 Å². The standard InChI is InChI=1S/C12H20N4O2/c1-9-6-11(17-3)15-12(14-9)16(2)8-10-7-13-4-5-18-10/h6,10,13H,4-5,7-8H2,1-3H3. The van der Waals surface area contributed by atoms with E-state index in [1.807, 2.05) is 24.9 Å². The molecule has 6 nitrogen and oxygen atoms in total. The first-order valence-electron chi connectivity index (χ1n) is 6.12. The monoisotopic (exact) mass is 252 g/mol. The Morgan fingerprint density at radius 3 is 3.06 bits per heavy atom. The maximum atomic E-state index is 5.67. The number of methoxy groups -OCH3 is 1. The second kappa shape index (κ2) is 5.97. The number of nitrogens with zero attached hydrogens (tertiary/aromatic N) is 3. The van der Waals surface area contributed by atoms with Gasteiger partial charge in [0.15, 0.2) is 0 Å². The van der Waals surface area contributed by atoms with Gasteiger partial charge in [-0.25, -0.2) is 4.98 Å². The highest BCUT2D eigenvalue weighted by Gasteiger charge is 2.17. The maximum Gasteiger partial charge on any atom is 0.228 e. The molecule has 0 amide bonds. The largest absolute Gasteiger partial charge is 0.481 e. The Morgan fingerprint density at radius 2 is 2.39 bits per heavy atom. The van der Waals surface area contributed by atoms with Gasteiger partial charge in [0.25, 0.3) is 0 Å². The van der Waals surface area contributed by atoms with Gasteiger partial charge in [-0.2, -0.15) is 4.98 Å². The fourth-order valence-corrected chi connectivity index (χ4v) is 1.92. The summed E-state index contributed by atoms with van der Waals surface area (Å²) in [6.07, 6.45) is 0.179. The number of aromatic nitrogens is 2. The smallest absolute Gasteiger partial charge is 0.228 e. The minimum Gasteiger partial charge on any atom is -0.481 e. The van der Waals surface area contributed by atoms with Gasteiger partial charge in [0.1, 0.15) is 0 Å². The first-order chi connectivity index (χ1) is 8.69. The molecule has 0 bridgehead atoms. The minimum absolute atomic E-state index is 0.179. The van der Waals surface area contributed by atoms with Gasteiger partial charge >= 0.3 is 0 Å². The number of morpholine rings is 1. The van der Waals surface area contributed by atoms with Crippen molar-refractivity contribution in [1.29, 1.82) is 0 Å². The molecule has 0 aromatic carbocycles. The molecule has 0 radical (unpaired) electrons. The normalized spacial score (nSPS) is 19.6. The van der Waals surface area contributed by atoms with Crippen molar-refractivity contribution >= 4 is 5.95 Å². The van der Waals surface area contributed by atoms with Gasteiger partial charge < -0.3 is 19.7 Å². The molecule has 0 aliphatic carbocycles. The van der Waals surface area contributed by atoms with E-state index in [0.717, 1.165) is 31.9 Å². The van der Waals surface area contributed by atoms with Gasteiger partial charge in [0.2, 0.25) is 11.8 Å². The number of ether oxygens (including phenoxy) is 2.